The highest BCUT2D eigenvalue weighted by molar-refractivity contribution is 6.31. The van der Waals surface area contributed by atoms with E-state index in [1.807, 2.05) is 48.5 Å². The molecule has 0 heterocycles. The highest BCUT2D eigenvalue weighted by Gasteiger charge is 2.14. The van der Waals surface area contributed by atoms with E-state index in [-0.39, 0.29) is 11.5 Å². The van der Waals surface area contributed by atoms with Crippen LogP contribution in [0.5, 0.6) is 5.75 Å². The van der Waals surface area contributed by atoms with E-state index in [0.29, 0.717) is 27.4 Å². The van der Waals surface area contributed by atoms with Crippen molar-refractivity contribution in [2.24, 2.45) is 4.99 Å². The quantitative estimate of drug-likeness (QED) is 0.337. The Morgan fingerprint density at radius 3 is 2.46 bits per heavy atom. The van der Waals surface area contributed by atoms with E-state index in [1.54, 1.807) is 42.6 Å². The van der Waals surface area contributed by atoms with Crippen molar-refractivity contribution in [3.63, 3.8) is 0 Å². The Bertz CT molecular complexity index is 1200. The molecule has 1 N–H and O–H groups in total. The normalized spacial score (nSPS) is 11.2. The molecule has 0 unspecified atom stereocenters. The van der Waals surface area contributed by atoms with E-state index in [2.05, 4.69) is 4.99 Å². The van der Waals surface area contributed by atoms with Gasteiger partial charge in [0.1, 0.15) is 5.75 Å². The molecule has 28 heavy (non-hydrogen) atoms. The summed E-state index contributed by atoms with van der Waals surface area (Å²) in [5.41, 5.74) is 2.07. The summed E-state index contributed by atoms with van der Waals surface area (Å²) < 4.78 is 0. The zero-order chi connectivity index (χ0) is 19.5. The van der Waals surface area contributed by atoms with Crippen LogP contribution in [0.15, 0.2) is 89.9 Å². The summed E-state index contributed by atoms with van der Waals surface area (Å²) in [6.45, 7) is 0. The summed E-state index contributed by atoms with van der Waals surface area (Å²) in [6, 6.07) is 25.3. The molecule has 0 aliphatic carbocycles. The molecule has 0 bridgehead atoms. The van der Waals surface area contributed by atoms with Crippen LogP contribution in [0.4, 0.5) is 5.69 Å². The molecular formula is C24H16ClNO2. The number of hydrogen-bond acceptors (Lipinski definition) is 3. The molecule has 3 nitrogen and oxygen atoms in total. The monoisotopic (exact) mass is 385 g/mol. The zero-order valence-electron chi connectivity index (χ0n) is 14.8. The first kappa shape index (κ1) is 18.0. The maximum absolute atomic E-state index is 12.9. The standard InChI is InChI=1S/C24H16ClNO2/c25-18-11-12-22(20(14-18)24(28)17-7-2-1-3-8-17)26-15-21-19-9-5-4-6-16(19)10-13-23(21)27/h1-15,27H. The van der Waals surface area contributed by atoms with Gasteiger partial charge in [0.05, 0.1) is 5.69 Å². The Balaban J connectivity index is 1.80. The number of ketones is 1. The number of hydrogen-bond donors (Lipinski definition) is 1. The molecule has 4 aromatic rings. The van der Waals surface area contributed by atoms with E-state index in [1.165, 1.54) is 0 Å². The number of carbonyl (C=O) groups excluding carboxylic acids is 1. The topological polar surface area (TPSA) is 49.7 Å². The summed E-state index contributed by atoms with van der Waals surface area (Å²) >= 11 is 6.12. The number of phenolic OH excluding ortho intramolecular Hbond substituents is 1. The molecule has 0 amide bonds. The van der Waals surface area contributed by atoms with E-state index in [0.717, 1.165) is 10.8 Å². The molecule has 0 aromatic heterocycles. The first-order chi connectivity index (χ1) is 13.6. The number of aliphatic imine (C=N–C) groups is 1. The van der Waals surface area contributed by atoms with Crippen molar-refractivity contribution in [2.45, 2.75) is 0 Å². The second-order valence-corrected chi connectivity index (χ2v) is 6.77. The average molecular weight is 386 g/mol. The van der Waals surface area contributed by atoms with Gasteiger partial charge in [0.25, 0.3) is 0 Å². The second-order valence-electron chi connectivity index (χ2n) is 6.33. The number of halogens is 1. The molecule has 4 rings (SSSR count). The number of phenols is 1. The number of nitrogens with zero attached hydrogens (tertiary/aromatic N) is 1. The highest BCUT2D eigenvalue weighted by Crippen LogP contribution is 2.29. The van der Waals surface area contributed by atoms with Crippen LogP contribution in [0.3, 0.4) is 0 Å². The Morgan fingerprint density at radius 2 is 1.64 bits per heavy atom. The average Bonchev–Trinajstić information content (AvgIpc) is 2.74. The van der Waals surface area contributed by atoms with E-state index >= 15 is 0 Å². The molecular weight excluding hydrogens is 370 g/mol. The molecule has 0 radical (unpaired) electrons. The van der Waals surface area contributed by atoms with Gasteiger partial charge in [0, 0.05) is 27.9 Å². The van der Waals surface area contributed by atoms with Crippen LogP contribution in [0, 0.1) is 0 Å². The van der Waals surface area contributed by atoms with Crippen LogP contribution in [-0.4, -0.2) is 17.1 Å². The molecule has 0 saturated carbocycles. The SMILES string of the molecule is O=C(c1ccccc1)c1cc(Cl)ccc1N=Cc1c(O)ccc2ccccc12. The molecule has 0 atom stereocenters. The van der Waals surface area contributed by atoms with Crippen LogP contribution in [0.2, 0.25) is 5.02 Å². The van der Waals surface area contributed by atoms with Gasteiger partial charge in [-0.25, -0.2) is 0 Å². The van der Waals surface area contributed by atoms with Crippen LogP contribution in [0.1, 0.15) is 21.5 Å². The van der Waals surface area contributed by atoms with Crippen molar-refractivity contribution < 1.29 is 9.90 Å². The molecule has 4 aromatic carbocycles. The second kappa shape index (κ2) is 7.67. The van der Waals surface area contributed by atoms with Crippen molar-refractivity contribution in [1.29, 1.82) is 0 Å². The van der Waals surface area contributed by atoms with Crippen molar-refractivity contribution in [2.75, 3.05) is 0 Å². The maximum atomic E-state index is 12.9. The molecule has 4 heteroatoms. The van der Waals surface area contributed by atoms with Gasteiger partial charge in [-0.3, -0.25) is 9.79 Å². The Labute approximate surface area is 167 Å². The van der Waals surface area contributed by atoms with Gasteiger partial charge in [-0.05, 0) is 35.0 Å². The van der Waals surface area contributed by atoms with Crippen LogP contribution in [0.25, 0.3) is 10.8 Å². The minimum atomic E-state index is -0.155. The van der Waals surface area contributed by atoms with Crippen LogP contribution in [-0.2, 0) is 0 Å². The minimum absolute atomic E-state index is 0.132. The fraction of sp³-hybridized carbons (Fsp3) is 0. The van der Waals surface area contributed by atoms with Gasteiger partial charge in [-0.2, -0.15) is 0 Å². The van der Waals surface area contributed by atoms with Crippen molar-refractivity contribution in [3.8, 4) is 5.75 Å². The molecule has 0 fully saturated rings. The maximum Gasteiger partial charge on any atom is 0.195 e. The molecule has 136 valence electrons. The van der Waals surface area contributed by atoms with E-state index in [4.69, 9.17) is 11.6 Å². The lowest BCUT2D eigenvalue weighted by Gasteiger charge is -2.07. The number of aromatic hydroxyl groups is 1. The summed E-state index contributed by atoms with van der Waals surface area (Å²) in [5.74, 6) is -0.0234. The predicted molar refractivity (Wildman–Crippen MR) is 114 cm³/mol. The summed E-state index contributed by atoms with van der Waals surface area (Å²) in [5, 5.41) is 12.7. The summed E-state index contributed by atoms with van der Waals surface area (Å²) in [4.78, 5) is 17.4. The van der Waals surface area contributed by atoms with Crippen molar-refractivity contribution in [3.05, 3.63) is 107 Å². The van der Waals surface area contributed by atoms with E-state index in [9.17, 15) is 9.90 Å². The lowest BCUT2D eigenvalue weighted by Crippen LogP contribution is -2.01. The first-order valence-corrected chi connectivity index (χ1v) is 9.15. The number of fused-ring (bicyclic) bond motifs is 1. The zero-order valence-corrected chi connectivity index (χ0v) is 15.6. The first-order valence-electron chi connectivity index (χ1n) is 8.77. The minimum Gasteiger partial charge on any atom is -0.507 e. The molecule has 0 spiro atoms. The van der Waals surface area contributed by atoms with Gasteiger partial charge in [-0.15, -0.1) is 0 Å². The van der Waals surface area contributed by atoms with E-state index < -0.39 is 0 Å². The highest BCUT2D eigenvalue weighted by atomic mass is 35.5. The molecule has 0 aliphatic rings. The number of benzene rings is 4. The lowest BCUT2D eigenvalue weighted by molar-refractivity contribution is 0.103. The van der Waals surface area contributed by atoms with Gasteiger partial charge in [0.2, 0.25) is 0 Å². The largest absolute Gasteiger partial charge is 0.507 e. The number of rotatable bonds is 4. The van der Waals surface area contributed by atoms with Crippen molar-refractivity contribution in [1.82, 2.24) is 0 Å². The smallest absolute Gasteiger partial charge is 0.195 e. The lowest BCUT2D eigenvalue weighted by atomic mass is 10.0. The third-order valence-electron chi connectivity index (χ3n) is 4.52. The summed E-state index contributed by atoms with van der Waals surface area (Å²) in [6.07, 6.45) is 1.59. The fourth-order valence-corrected chi connectivity index (χ4v) is 3.27. The molecule has 0 aliphatic heterocycles. The Kier molecular flexibility index (Phi) is 4.92. The summed E-state index contributed by atoms with van der Waals surface area (Å²) in [7, 11) is 0. The third kappa shape index (κ3) is 3.53. The predicted octanol–water partition coefficient (Wildman–Crippen LogP) is 6.18. The van der Waals surface area contributed by atoms with Crippen LogP contribution < -0.4 is 0 Å². The Hall–Kier alpha value is -3.43. The van der Waals surface area contributed by atoms with Gasteiger partial charge in [-0.1, -0.05) is 72.3 Å². The fourth-order valence-electron chi connectivity index (χ4n) is 3.10. The van der Waals surface area contributed by atoms with Gasteiger partial charge in [0.15, 0.2) is 5.78 Å². The molecule has 0 saturated heterocycles. The van der Waals surface area contributed by atoms with Gasteiger partial charge >= 0.3 is 0 Å². The van der Waals surface area contributed by atoms with Gasteiger partial charge < -0.3 is 5.11 Å². The van der Waals surface area contributed by atoms with Crippen LogP contribution >= 0.6 is 11.6 Å². The number of carbonyl (C=O) groups is 1. The third-order valence-corrected chi connectivity index (χ3v) is 4.75. The Morgan fingerprint density at radius 1 is 0.893 bits per heavy atom. The van der Waals surface area contributed by atoms with Crippen molar-refractivity contribution >= 4 is 40.1 Å².